The van der Waals surface area contributed by atoms with Crippen molar-refractivity contribution in [2.45, 2.75) is 25.5 Å². The Kier molecular flexibility index (Phi) is 6.35. The van der Waals surface area contributed by atoms with Crippen molar-refractivity contribution in [3.05, 3.63) is 69.5 Å². The van der Waals surface area contributed by atoms with Gasteiger partial charge < -0.3 is 19.4 Å². The van der Waals surface area contributed by atoms with E-state index in [2.05, 4.69) is 10.3 Å². The van der Waals surface area contributed by atoms with Crippen LogP contribution < -0.4 is 10.1 Å². The molecule has 0 spiro atoms. The summed E-state index contributed by atoms with van der Waals surface area (Å²) in [6.07, 6.45) is 2.87. The van der Waals surface area contributed by atoms with Crippen LogP contribution in [0.4, 0.5) is 0 Å². The smallest absolute Gasteiger partial charge is 0.289 e. The first-order valence-corrected chi connectivity index (χ1v) is 10.8. The van der Waals surface area contributed by atoms with Crippen LogP contribution in [0.2, 0.25) is 5.02 Å². The zero-order valence-electron chi connectivity index (χ0n) is 16.0. The van der Waals surface area contributed by atoms with Gasteiger partial charge in [0.15, 0.2) is 5.76 Å². The van der Waals surface area contributed by atoms with E-state index < -0.39 is 0 Å². The number of nitrogens with one attached hydrogen (secondary N) is 1. The van der Waals surface area contributed by atoms with Gasteiger partial charge in [0.05, 0.1) is 6.26 Å². The molecule has 7 nitrogen and oxygen atoms in total. The number of halogens is 1. The predicted octanol–water partition coefficient (Wildman–Crippen LogP) is 4.00. The van der Waals surface area contributed by atoms with Crippen LogP contribution in [0.3, 0.4) is 0 Å². The molecule has 1 aliphatic heterocycles. The number of carbonyl (C=O) groups is 2. The fourth-order valence-electron chi connectivity index (χ4n) is 3.20. The maximum absolute atomic E-state index is 12.5. The number of hydrogen-bond acceptors (Lipinski definition) is 6. The second-order valence-electron chi connectivity index (χ2n) is 6.89. The summed E-state index contributed by atoms with van der Waals surface area (Å²) in [4.78, 5) is 30.9. The molecule has 2 amide bonds. The van der Waals surface area contributed by atoms with E-state index in [1.165, 1.54) is 17.6 Å². The Balaban J connectivity index is 1.24. The average molecular weight is 446 g/mol. The Morgan fingerprint density at radius 3 is 2.70 bits per heavy atom. The summed E-state index contributed by atoms with van der Waals surface area (Å²) in [6, 6.07) is 10.4. The Morgan fingerprint density at radius 2 is 2.00 bits per heavy atom. The SMILES string of the molecule is O=C(NC1CCN(C(=O)c2ccco2)CC1)c1csc(COc2ccc(Cl)cc2)n1. The van der Waals surface area contributed by atoms with Crippen molar-refractivity contribution in [3.8, 4) is 5.75 Å². The number of likely N-dealkylation sites (tertiary alicyclic amines) is 1. The normalized spacial score (nSPS) is 14.5. The van der Waals surface area contributed by atoms with E-state index >= 15 is 0 Å². The van der Waals surface area contributed by atoms with Crippen molar-refractivity contribution in [2.24, 2.45) is 0 Å². The van der Waals surface area contributed by atoms with Gasteiger partial charge in [-0.2, -0.15) is 0 Å². The molecule has 30 heavy (non-hydrogen) atoms. The number of benzene rings is 1. The minimum Gasteiger partial charge on any atom is -0.486 e. The second kappa shape index (κ2) is 9.32. The molecule has 0 bridgehead atoms. The van der Waals surface area contributed by atoms with Crippen molar-refractivity contribution < 1.29 is 18.7 Å². The molecule has 3 heterocycles. The molecule has 1 fully saturated rings. The lowest BCUT2D eigenvalue weighted by atomic mass is 10.0. The van der Waals surface area contributed by atoms with Crippen molar-refractivity contribution in [1.82, 2.24) is 15.2 Å². The number of aromatic nitrogens is 1. The quantitative estimate of drug-likeness (QED) is 0.619. The van der Waals surface area contributed by atoms with Crippen molar-refractivity contribution >= 4 is 34.8 Å². The highest BCUT2D eigenvalue weighted by atomic mass is 35.5. The number of furan rings is 1. The molecule has 1 aromatic carbocycles. The van der Waals surface area contributed by atoms with Crippen LogP contribution in [0.15, 0.2) is 52.5 Å². The molecule has 9 heteroatoms. The largest absolute Gasteiger partial charge is 0.486 e. The van der Waals surface area contributed by atoms with Gasteiger partial charge in [0, 0.05) is 29.5 Å². The van der Waals surface area contributed by atoms with Gasteiger partial charge in [-0.1, -0.05) is 11.6 Å². The predicted molar refractivity (Wildman–Crippen MR) is 113 cm³/mol. The first kappa shape index (κ1) is 20.4. The van der Waals surface area contributed by atoms with E-state index in [0.29, 0.717) is 53.2 Å². The minimum absolute atomic E-state index is 0.00798. The number of carbonyl (C=O) groups excluding carboxylic acids is 2. The average Bonchev–Trinajstić information content (AvgIpc) is 3.46. The van der Waals surface area contributed by atoms with Crippen molar-refractivity contribution in [2.75, 3.05) is 13.1 Å². The Hall–Kier alpha value is -2.84. The molecule has 2 aromatic heterocycles. The van der Waals surface area contributed by atoms with Gasteiger partial charge in [-0.15, -0.1) is 11.3 Å². The number of thiazole rings is 1. The summed E-state index contributed by atoms with van der Waals surface area (Å²) in [5.74, 6) is 0.708. The molecule has 3 aromatic rings. The highest BCUT2D eigenvalue weighted by Crippen LogP contribution is 2.19. The van der Waals surface area contributed by atoms with E-state index in [1.807, 2.05) is 0 Å². The molecular weight excluding hydrogens is 426 g/mol. The highest BCUT2D eigenvalue weighted by Gasteiger charge is 2.26. The van der Waals surface area contributed by atoms with Gasteiger partial charge in [-0.3, -0.25) is 9.59 Å². The molecule has 0 aliphatic carbocycles. The third-order valence-electron chi connectivity index (χ3n) is 4.81. The maximum atomic E-state index is 12.5. The van der Waals surface area contributed by atoms with E-state index in [1.54, 1.807) is 46.7 Å². The molecular formula is C21H20ClN3O4S. The molecule has 4 rings (SSSR count). The van der Waals surface area contributed by atoms with Crippen LogP contribution in [0, 0.1) is 0 Å². The van der Waals surface area contributed by atoms with Crippen molar-refractivity contribution in [3.63, 3.8) is 0 Å². The number of amides is 2. The van der Waals surface area contributed by atoms with Crippen molar-refractivity contribution in [1.29, 1.82) is 0 Å². The molecule has 0 unspecified atom stereocenters. The van der Waals surface area contributed by atoms with Crippen LogP contribution in [-0.4, -0.2) is 40.8 Å². The molecule has 1 aliphatic rings. The van der Waals surface area contributed by atoms with E-state index in [9.17, 15) is 9.59 Å². The molecule has 1 saturated heterocycles. The summed E-state index contributed by atoms with van der Waals surface area (Å²) in [7, 11) is 0. The van der Waals surface area contributed by atoms with Crippen LogP contribution in [0.5, 0.6) is 5.75 Å². The second-order valence-corrected chi connectivity index (χ2v) is 8.27. The van der Waals surface area contributed by atoms with Crippen LogP contribution in [-0.2, 0) is 6.61 Å². The molecule has 1 N–H and O–H groups in total. The molecule has 0 atom stereocenters. The Labute approximate surface area is 182 Å². The van der Waals surface area contributed by atoms with Crippen LogP contribution in [0.25, 0.3) is 0 Å². The number of rotatable bonds is 6. The van der Waals surface area contributed by atoms with Gasteiger partial charge in [-0.05, 0) is 49.2 Å². The fraction of sp³-hybridized carbons (Fsp3) is 0.286. The topological polar surface area (TPSA) is 84.7 Å². The van der Waals surface area contributed by atoms with Gasteiger partial charge in [-0.25, -0.2) is 4.98 Å². The highest BCUT2D eigenvalue weighted by molar-refractivity contribution is 7.09. The zero-order chi connectivity index (χ0) is 20.9. The summed E-state index contributed by atoms with van der Waals surface area (Å²) in [6.45, 7) is 1.43. The number of ether oxygens (including phenoxy) is 1. The molecule has 156 valence electrons. The minimum atomic E-state index is -0.209. The Bertz CT molecular complexity index is 996. The fourth-order valence-corrected chi connectivity index (χ4v) is 4.01. The summed E-state index contributed by atoms with van der Waals surface area (Å²) >= 11 is 7.24. The number of hydrogen-bond donors (Lipinski definition) is 1. The van der Waals surface area contributed by atoms with E-state index in [-0.39, 0.29) is 24.5 Å². The standard InChI is InChI=1S/C21H20ClN3O4S/c22-14-3-5-16(6-4-14)29-12-19-24-17(13-30-19)20(26)23-15-7-9-25(10-8-15)21(27)18-2-1-11-28-18/h1-6,11,13,15H,7-10,12H2,(H,23,26). The lowest BCUT2D eigenvalue weighted by Gasteiger charge is -2.31. The van der Waals surface area contributed by atoms with Gasteiger partial charge in [0.1, 0.15) is 23.1 Å². The Morgan fingerprint density at radius 1 is 1.23 bits per heavy atom. The number of nitrogens with zero attached hydrogens (tertiary/aromatic N) is 2. The van der Waals surface area contributed by atoms with Crippen LogP contribution >= 0.6 is 22.9 Å². The monoisotopic (exact) mass is 445 g/mol. The third-order valence-corrected chi connectivity index (χ3v) is 5.88. The first-order valence-electron chi connectivity index (χ1n) is 9.55. The van der Waals surface area contributed by atoms with Gasteiger partial charge in [0.2, 0.25) is 0 Å². The zero-order valence-corrected chi connectivity index (χ0v) is 17.6. The summed E-state index contributed by atoms with van der Waals surface area (Å²) in [5.41, 5.74) is 0.379. The number of piperidine rings is 1. The lowest BCUT2D eigenvalue weighted by molar-refractivity contribution is 0.0667. The molecule has 0 radical (unpaired) electrons. The maximum Gasteiger partial charge on any atom is 0.289 e. The van der Waals surface area contributed by atoms with Crippen LogP contribution in [0.1, 0.15) is 38.9 Å². The summed E-state index contributed by atoms with van der Waals surface area (Å²) < 4.78 is 10.8. The lowest BCUT2D eigenvalue weighted by Crippen LogP contribution is -2.46. The summed E-state index contributed by atoms with van der Waals surface area (Å²) in [5, 5.41) is 6.10. The first-order chi connectivity index (χ1) is 14.6. The third kappa shape index (κ3) is 5.01. The molecule has 0 saturated carbocycles. The van der Waals surface area contributed by atoms with Gasteiger partial charge >= 0.3 is 0 Å². The van der Waals surface area contributed by atoms with E-state index in [0.717, 1.165) is 0 Å². The van der Waals surface area contributed by atoms with E-state index in [4.69, 9.17) is 20.8 Å². The van der Waals surface area contributed by atoms with Gasteiger partial charge in [0.25, 0.3) is 11.8 Å².